The van der Waals surface area contributed by atoms with E-state index in [-0.39, 0.29) is 71.6 Å². The van der Waals surface area contributed by atoms with Gasteiger partial charge in [-0.05, 0) is 61.6 Å². The minimum absolute atomic E-state index is 0.0401. The van der Waals surface area contributed by atoms with Crippen LogP contribution in [0.4, 0.5) is 18.9 Å². The van der Waals surface area contributed by atoms with Crippen LogP contribution in [0.1, 0.15) is 43.0 Å². The minimum Gasteiger partial charge on any atom is -0.396 e. The quantitative estimate of drug-likeness (QED) is 0.287. The summed E-state index contributed by atoms with van der Waals surface area (Å²) in [4.78, 5) is 12.4. The van der Waals surface area contributed by atoms with Crippen molar-refractivity contribution in [3.8, 4) is 0 Å². The molecule has 2 atom stereocenters. The number of hydrogen-bond donors (Lipinski definition) is 4. The third-order valence-electron chi connectivity index (χ3n) is 8.22. The molecule has 0 aliphatic heterocycles. The summed E-state index contributed by atoms with van der Waals surface area (Å²) in [6.07, 6.45) is 0.417. The fourth-order valence-electron chi connectivity index (χ4n) is 6.04. The number of aliphatic hydroxyl groups excluding tert-OH is 2. The van der Waals surface area contributed by atoms with Gasteiger partial charge in [-0.25, -0.2) is 21.6 Å². The lowest BCUT2D eigenvalue weighted by molar-refractivity contribution is -0.248. The number of ether oxygens (including phenoxy) is 1. The minimum atomic E-state index is -4.06. The Bertz CT molecular complexity index is 1330. The van der Waals surface area contributed by atoms with E-state index in [1.165, 1.54) is 12.1 Å². The highest BCUT2D eigenvalue weighted by molar-refractivity contribution is 7.92. The van der Waals surface area contributed by atoms with E-state index in [0.717, 1.165) is 6.07 Å². The van der Waals surface area contributed by atoms with Crippen LogP contribution in [0.25, 0.3) is 0 Å². The average Bonchev–Trinajstić information content (AvgIpc) is 2.91. The van der Waals surface area contributed by atoms with Crippen molar-refractivity contribution in [2.45, 2.75) is 54.5 Å². The number of aliphatic hydroxyl groups is 3. The van der Waals surface area contributed by atoms with Crippen LogP contribution in [0.2, 0.25) is 5.02 Å². The number of benzene rings is 2. The fourth-order valence-corrected chi connectivity index (χ4v) is 8.39. The van der Waals surface area contributed by atoms with Crippen molar-refractivity contribution in [3.63, 3.8) is 0 Å². The molecule has 2 aromatic rings. The van der Waals surface area contributed by atoms with Crippen molar-refractivity contribution < 1.29 is 46.4 Å². The second-order valence-corrected chi connectivity index (χ2v) is 13.1. The molecule has 220 valence electrons. The van der Waals surface area contributed by atoms with Gasteiger partial charge in [0.05, 0.1) is 33.5 Å². The Kier molecular flexibility index (Phi) is 9.18. The average molecular weight is 606 g/mol. The van der Waals surface area contributed by atoms with Gasteiger partial charge in [-0.2, -0.15) is 0 Å². The van der Waals surface area contributed by atoms with E-state index >= 15 is 0 Å². The number of anilines is 1. The molecule has 3 saturated carbocycles. The molecule has 0 spiro atoms. The highest BCUT2D eigenvalue weighted by Gasteiger charge is 2.64. The number of sulfone groups is 1. The van der Waals surface area contributed by atoms with E-state index in [1.54, 1.807) is 0 Å². The van der Waals surface area contributed by atoms with Crippen LogP contribution >= 0.6 is 11.6 Å². The Morgan fingerprint density at radius 2 is 1.68 bits per heavy atom. The first-order valence-electron chi connectivity index (χ1n) is 12.9. The zero-order chi connectivity index (χ0) is 29.4. The Labute approximate surface area is 235 Å². The molecule has 0 aromatic heterocycles. The first kappa shape index (κ1) is 30.7. The third kappa shape index (κ3) is 5.75. The smallest absolute Gasteiger partial charge is 0.255 e. The van der Waals surface area contributed by atoms with Crippen molar-refractivity contribution in [3.05, 3.63) is 58.4 Å². The van der Waals surface area contributed by atoms with Crippen LogP contribution in [0, 0.1) is 35.2 Å². The first-order valence-corrected chi connectivity index (χ1v) is 14.8. The van der Waals surface area contributed by atoms with Gasteiger partial charge in [0.15, 0.2) is 27.3 Å². The lowest BCUT2D eigenvalue weighted by Gasteiger charge is -2.62. The molecule has 2 aromatic carbocycles. The maximum absolute atomic E-state index is 13.7. The molecule has 40 heavy (non-hydrogen) atoms. The molecule has 8 nitrogen and oxygen atoms in total. The highest BCUT2D eigenvalue weighted by atomic mass is 35.5. The van der Waals surface area contributed by atoms with Gasteiger partial charge in [-0.15, -0.1) is 0 Å². The topological polar surface area (TPSA) is 133 Å². The number of carbonyl (C=O) groups excluding carboxylic acids is 1. The molecule has 13 heteroatoms. The predicted octanol–water partition coefficient (Wildman–Crippen LogP) is 3.71. The number of halogens is 4. The molecular weight excluding hydrogens is 575 g/mol. The number of rotatable bonds is 11. The molecule has 3 aliphatic rings. The number of carbonyl (C=O) groups is 1. The number of fused-ring (bicyclic) bond motifs is 2. The van der Waals surface area contributed by atoms with Gasteiger partial charge in [0.2, 0.25) is 0 Å². The molecule has 2 bridgehead atoms. The van der Waals surface area contributed by atoms with Gasteiger partial charge in [0, 0.05) is 36.6 Å². The van der Waals surface area contributed by atoms with Gasteiger partial charge in [0.1, 0.15) is 0 Å². The van der Waals surface area contributed by atoms with Crippen LogP contribution in [0.15, 0.2) is 35.2 Å². The van der Waals surface area contributed by atoms with Gasteiger partial charge in [0.25, 0.3) is 5.91 Å². The van der Waals surface area contributed by atoms with Crippen molar-refractivity contribution in [2.24, 2.45) is 17.8 Å². The van der Waals surface area contributed by atoms with E-state index in [0.29, 0.717) is 25.0 Å². The van der Waals surface area contributed by atoms with Crippen LogP contribution in [-0.2, 0) is 14.6 Å². The molecule has 0 radical (unpaired) electrons. The van der Waals surface area contributed by atoms with Crippen LogP contribution in [0.5, 0.6) is 0 Å². The summed E-state index contributed by atoms with van der Waals surface area (Å²) in [5.74, 6) is -6.30. The summed E-state index contributed by atoms with van der Waals surface area (Å²) in [6.45, 7) is 1.61. The molecule has 3 fully saturated rings. The van der Waals surface area contributed by atoms with Crippen LogP contribution in [-0.4, -0.2) is 66.4 Å². The Morgan fingerprint density at radius 1 is 1.10 bits per heavy atom. The second kappa shape index (κ2) is 11.9. The Hall–Kier alpha value is -2.22. The lowest BCUT2D eigenvalue weighted by Crippen LogP contribution is -2.69. The maximum Gasteiger partial charge on any atom is 0.255 e. The second-order valence-electron chi connectivity index (χ2n) is 10.5. The summed E-state index contributed by atoms with van der Waals surface area (Å²) >= 11 is 6.24. The molecule has 5 rings (SSSR count). The standard InChI is InChI=1S/C27H31ClF3NO7S/c1-14-19-11-18(12-20(14)27(19,36)13-39-17(4-6-33)5-7-34)40(37,38)24-8-15(2-3-21(24)28)26(35)32-16-9-22(29)25(31)23(30)10-16/h2-3,8-10,14,17-20,33-34,36H,4-7,11-13H2,1H3,(H,32,35)/t14-,18?,19?,20?,27+. The van der Waals surface area contributed by atoms with Gasteiger partial charge >= 0.3 is 0 Å². The molecule has 2 unspecified atom stereocenters. The fraction of sp³-hybridized carbons (Fsp3) is 0.519. The monoisotopic (exact) mass is 605 g/mol. The van der Waals surface area contributed by atoms with E-state index < -0.39 is 50.2 Å². The predicted molar refractivity (Wildman–Crippen MR) is 140 cm³/mol. The summed E-state index contributed by atoms with van der Waals surface area (Å²) < 4.78 is 73.4. The highest BCUT2D eigenvalue weighted by Crippen LogP contribution is 2.59. The molecule has 0 heterocycles. The summed E-state index contributed by atoms with van der Waals surface area (Å²) in [5, 5.41) is 31.0. The van der Waals surface area contributed by atoms with Crippen LogP contribution < -0.4 is 5.32 Å². The summed E-state index contributed by atoms with van der Waals surface area (Å²) in [6, 6.07) is 4.75. The lowest BCUT2D eigenvalue weighted by atomic mass is 9.48. The van der Waals surface area contributed by atoms with Crippen molar-refractivity contribution >= 4 is 33.0 Å². The Morgan fingerprint density at radius 3 is 2.23 bits per heavy atom. The van der Waals surface area contributed by atoms with Gasteiger partial charge in [-0.1, -0.05) is 18.5 Å². The van der Waals surface area contributed by atoms with Gasteiger partial charge < -0.3 is 25.4 Å². The van der Waals surface area contributed by atoms with Crippen molar-refractivity contribution in [2.75, 3.05) is 25.1 Å². The van der Waals surface area contributed by atoms with Crippen molar-refractivity contribution in [1.29, 1.82) is 0 Å². The zero-order valence-corrected chi connectivity index (χ0v) is 23.2. The number of nitrogens with one attached hydrogen (secondary N) is 1. The SMILES string of the molecule is C[C@H]1C2CC(S(=O)(=O)c3cc(C(=O)Nc4cc(F)c(F)c(F)c4)ccc3Cl)CC1[C@@]2(O)COC(CCO)CCO. The largest absolute Gasteiger partial charge is 0.396 e. The summed E-state index contributed by atoms with van der Waals surface area (Å²) in [5.41, 5.74) is -1.75. The molecule has 1 amide bonds. The number of amides is 1. The van der Waals surface area contributed by atoms with Crippen molar-refractivity contribution in [1.82, 2.24) is 0 Å². The summed E-state index contributed by atoms with van der Waals surface area (Å²) in [7, 11) is -4.06. The van der Waals surface area contributed by atoms with Crippen LogP contribution in [0.3, 0.4) is 0 Å². The number of hydrogen-bond acceptors (Lipinski definition) is 7. The normalized spacial score (nSPS) is 26.0. The van der Waals surface area contributed by atoms with E-state index in [4.69, 9.17) is 16.3 Å². The maximum atomic E-state index is 13.7. The Balaban J connectivity index is 1.50. The zero-order valence-electron chi connectivity index (χ0n) is 21.6. The van der Waals surface area contributed by atoms with E-state index in [1.807, 2.05) is 6.92 Å². The molecule has 3 aliphatic carbocycles. The van der Waals surface area contributed by atoms with E-state index in [9.17, 15) is 41.7 Å². The van der Waals surface area contributed by atoms with Gasteiger partial charge in [-0.3, -0.25) is 4.79 Å². The third-order valence-corrected chi connectivity index (χ3v) is 10.9. The van der Waals surface area contributed by atoms with E-state index in [2.05, 4.69) is 5.32 Å². The molecular formula is C27H31ClF3NO7S. The molecule has 4 N–H and O–H groups in total. The molecule has 0 saturated heterocycles. The first-order chi connectivity index (χ1) is 18.8.